The number of aromatic nitrogens is 2. The molecular weight excluding hydrogens is 350 g/mol. The normalized spacial score (nSPS) is 10.2. The molecular formula is C22H21N5O. The minimum atomic E-state index is -0.361. The van der Waals surface area contributed by atoms with Crippen molar-refractivity contribution in [2.45, 2.75) is 26.7 Å². The van der Waals surface area contributed by atoms with Gasteiger partial charge in [-0.2, -0.15) is 5.26 Å². The van der Waals surface area contributed by atoms with E-state index in [4.69, 9.17) is 5.26 Å². The fourth-order valence-electron chi connectivity index (χ4n) is 2.92. The summed E-state index contributed by atoms with van der Waals surface area (Å²) in [6.07, 6.45) is 3.31. The molecule has 0 saturated carbocycles. The molecule has 6 nitrogen and oxygen atoms in total. The van der Waals surface area contributed by atoms with Crippen LogP contribution in [0.1, 0.15) is 41.0 Å². The maximum Gasteiger partial charge on any atom is 0.274 e. The second-order valence-electron chi connectivity index (χ2n) is 6.20. The smallest absolute Gasteiger partial charge is 0.274 e. The molecule has 2 N–H and O–H groups in total. The summed E-state index contributed by atoms with van der Waals surface area (Å²) >= 11 is 0. The van der Waals surface area contributed by atoms with Crippen LogP contribution in [-0.4, -0.2) is 15.9 Å². The lowest BCUT2D eigenvalue weighted by molar-refractivity contribution is 0.102. The summed E-state index contributed by atoms with van der Waals surface area (Å²) in [5, 5.41) is 15.0. The summed E-state index contributed by atoms with van der Waals surface area (Å²) in [5.41, 5.74) is 4.60. The van der Waals surface area contributed by atoms with Crippen LogP contribution in [0.4, 0.5) is 17.3 Å². The van der Waals surface area contributed by atoms with Crippen LogP contribution in [-0.2, 0) is 12.8 Å². The Balaban J connectivity index is 1.83. The number of nitrogens with zero attached hydrogens (tertiary/aromatic N) is 3. The van der Waals surface area contributed by atoms with Gasteiger partial charge in [-0.25, -0.2) is 9.97 Å². The molecule has 3 rings (SSSR count). The Bertz CT molecular complexity index is 1020. The van der Waals surface area contributed by atoms with E-state index in [2.05, 4.69) is 52.7 Å². The number of nitrogens with one attached hydrogen (secondary N) is 2. The molecule has 0 spiro atoms. The van der Waals surface area contributed by atoms with E-state index in [0.717, 1.165) is 18.5 Å². The van der Waals surface area contributed by atoms with Gasteiger partial charge in [0, 0.05) is 17.6 Å². The van der Waals surface area contributed by atoms with Crippen LogP contribution in [0.15, 0.2) is 54.7 Å². The van der Waals surface area contributed by atoms with Gasteiger partial charge in [0.1, 0.15) is 5.69 Å². The third-order valence-electron chi connectivity index (χ3n) is 4.37. The number of benzene rings is 2. The number of anilines is 3. The van der Waals surface area contributed by atoms with Gasteiger partial charge >= 0.3 is 0 Å². The first-order valence-electron chi connectivity index (χ1n) is 9.17. The number of hydrogen-bond acceptors (Lipinski definition) is 5. The van der Waals surface area contributed by atoms with E-state index in [0.29, 0.717) is 17.2 Å². The molecule has 140 valence electrons. The third kappa shape index (κ3) is 4.33. The first-order valence-corrected chi connectivity index (χ1v) is 9.17. The number of para-hydroxylation sites is 1. The highest BCUT2D eigenvalue weighted by molar-refractivity contribution is 6.03. The molecule has 0 aliphatic carbocycles. The lowest BCUT2D eigenvalue weighted by Gasteiger charge is -2.14. The van der Waals surface area contributed by atoms with Gasteiger partial charge in [-0.1, -0.05) is 38.1 Å². The molecule has 1 aromatic heterocycles. The first kappa shape index (κ1) is 19.1. The van der Waals surface area contributed by atoms with Gasteiger partial charge in [-0.15, -0.1) is 0 Å². The standard InChI is InChI=1S/C22H21N5O/c1-3-16-8-6-9-17(4-2)20(16)27-22-24-12-11-19(26-22)21(28)25-18-10-5-7-15(13-18)14-23/h5-13H,3-4H2,1-2H3,(H,25,28)(H,24,26,27). The van der Waals surface area contributed by atoms with E-state index in [1.165, 1.54) is 11.1 Å². The number of nitriles is 1. The molecule has 6 heteroatoms. The van der Waals surface area contributed by atoms with E-state index in [1.807, 2.05) is 6.07 Å². The second-order valence-corrected chi connectivity index (χ2v) is 6.20. The topological polar surface area (TPSA) is 90.7 Å². The summed E-state index contributed by atoms with van der Waals surface area (Å²) < 4.78 is 0. The Morgan fingerprint density at radius 1 is 1.07 bits per heavy atom. The summed E-state index contributed by atoms with van der Waals surface area (Å²) in [6.45, 7) is 4.19. The first-order chi connectivity index (χ1) is 13.6. The summed E-state index contributed by atoms with van der Waals surface area (Å²) in [4.78, 5) is 21.2. The number of aryl methyl sites for hydroxylation is 2. The van der Waals surface area contributed by atoms with Gasteiger partial charge in [0.05, 0.1) is 11.6 Å². The van der Waals surface area contributed by atoms with Crippen LogP contribution < -0.4 is 10.6 Å². The molecule has 28 heavy (non-hydrogen) atoms. The molecule has 1 amide bonds. The Hall–Kier alpha value is -3.72. The lowest BCUT2D eigenvalue weighted by atomic mass is 10.0. The van der Waals surface area contributed by atoms with Crippen LogP contribution in [0.25, 0.3) is 0 Å². The van der Waals surface area contributed by atoms with Crippen molar-refractivity contribution in [2.75, 3.05) is 10.6 Å². The maximum absolute atomic E-state index is 12.6. The average molecular weight is 371 g/mol. The van der Waals surface area contributed by atoms with E-state index < -0.39 is 0 Å². The summed E-state index contributed by atoms with van der Waals surface area (Å²) in [5.74, 6) is 0.00839. The number of carbonyl (C=O) groups excluding carboxylic acids is 1. The fraction of sp³-hybridized carbons (Fsp3) is 0.182. The van der Waals surface area contributed by atoms with Gasteiger partial charge in [0.2, 0.25) is 5.95 Å². The second kappa shape index (κ2) is 8.78. The van der Waals surface area contributed by atoms with Crippen molar-refractivity contribution >= 4 is 23.2 Å². The zero-order valence-electron chi connectivity index (χ0n) is 15.9. The van der Waals surface area contributed by atoms with Gasteiger partial charge in [-0.3, -0.25) is 4.79 Å². The van der Waals surface area contributed by atoms with Crippen molar-refractivity contribution in [1.29, 1.82) is 5.26 Å². The largest absolute Gasteiger partial charge is 0.324 e. The van der Waals surface area contributed by atoms with E-state index >= 15 is 0 Å². The van der Waals surface area contributed by atoms with Crippen LogP contribution >= 0.6 is 0 Å². The molecule has 0 unspecified atom stereocenters. The highest BCUT2D eigenvalue weighted by Gasteiger charge is 2.12. The molecule has 0 aliphatic heterocycles. The summed E-state index contributed by atoms with van der Waals surface area (Å²) in [7, 11) is 0. The highest BCUT2D eigenvalue weighted by Crippen LogP contribution is 2.25. The van der Waals surface area contributed by atoms with Crippen LogP contribution in [0, 0.1) is 11.3 Å². The van der Waals surface area contributed by atoms with Gasteiger partial charge < -0.3 is 10.6 Å². The zero-order chi connectivity index (χ0) is 19.9. The molecule has 0 atom stereocenters. The highest BCUT2D eigenvalue weighted by atomic mass is 16.1. The monoisotopic (exact) mass is 371 g/mol. The van der Waals surface area contributed by atoms with Crippen molar-refractivity contribution < 1.29 is 4.79 Å². The van der Waals surface area contributed by atoms with E-state index in [-0.39, 0.29) is 11.6 Å². The van der Waals surface area contributed by atoms with Crippen molar-refractivity contribution in [3.8, 4) is 6.07 Å². The zero-order valence-corrected chi connectivity index (χ0v) is 15.9. The van der Waals surface area contributed by atoms with Crippen LogP contribution in [0.3, 0.4) is 0 Å². The Morgan fingerprint density at radius 3 is 2.46 bits per heavy atom. The Labute approximate surface area is 164 Å². The molecule has 0 saturated heterocycles. The summed E-state index contributed by atoms with van der Waals surface area (Å²) in [6, 6.07) is 16.5. The quantitative estimate of drug-likeness (QED) is 0.667. The number of hydrogen-bond donors (Lipinski definition) is 2. The van der Waals surface area contributed by atoms with Crippen molar-refractivity contribution in [2.24, 2.45) is 0 Å². The minimum absolute atomic E-state index is 0.242. The lowest BCUT2D eigenvalue weighted by Crippen LogP contribution is -2.15. The number of carbonyl (C=O) groups is 1. The maximum atomic E-state index is 12.6. The third-order valence-corrected chi connectivity index (χ3v) is 4.37. The van der Waals surface area contributed by atoms with Gasteiger partial charge in [-0.05, 0) is 48.2 Å². The molecule has 3 aromatic rings. The van der Waals surface area contributed by atoms with Crippen molar-refractivity contribution in [1.82, 2.24) is 9.97 Å². The van der Waals surface area contributed by atoms with E-state index in [1.54, 1.807) is 36.5 Å². The average Bonchev–Trinajstić information content (AvgIpc) is 2.74. The Morgan fingerprint density at radius 2 is 1.79 bits per heavy atom. The predicted molar refractivity (Wildman–Crippen MR) is 110 cm³/mol. The van der Waals surface area contributed by atoms with Crippen LogP contribution in [0.5, 0.6) is 0 Å². The Kier molecular flexibility index (Phi) is 5.97. The molecule has 0 fully saturated rings. The minimum Gasteiger partial charge on any atom is -0.324 e. The number of rotatable bonds is 6. The molecule has 1 heterocycles. The van der Waals surface area contributed by atoms with E-state index in [9.17, 15) is 4.79 Å². The molecule has 0 bridgehead atoms. The predicted octanol–water partition coefficient (Wildman–Crippen LogP) is 4.47. The molecule has 2 aromatic carbocycles. The van der Waals surface area contributed by atoms with Crippen molar-refractivity contribution in [3.63, 3.8) is 0 Å². The molecule has 0 radical (unpaired) electrons. The van der Waals surface area contributed by atoms with Gasteiger partial charge in [0.15, 0.2) is 0 Å². The SMILES string of the molecule is CCc1cccc(CC)c1Nc1nccc(C(=O)Nc2cccc(C#N)c2)n1. The van der Waals surface area contributed by atoms with Crippen molar-refractivity contribution in [3.05, 3.63) is 77.1 Å². The van der Waals surface area contributed by atoms with Crippen LogP contribution in [0.2, 0.25) is 0 Å². The molecule has 0 aliphatic rings. The van der Waals surface area contributed by atoms with Gasteiger partial charge in [0.25, 0.3) is 5.91 Å². The fourth-order valence-corrected chi connectivity index (χ4v) is 2.92. The number of amides is 1.